The predicted molar refractivity (Wildman–Crippen MR) is 75.2 cm³/mol. The third-order valence-electron chi connectivity index (χ3n) is 3.19. The van der Waals surface area contributed by atoms with Crippen LogP contribution in [0.4, 0.5) is 0 Å². The van der Waals surface area contributed by atoms with Gasteiger partial charge in [-0.3, -0.25) is 0 Å². The molecular weight excluding hydrogens is 250 g/mol. The quantitative estimate of drug-likeness (QED) is 0.567. The molecule has 0 saturated carbocycles. The van der Waals surface area contributed by atoms with Crippen LogP contribution in [0.5, 0.6) is 0 Å². The first kappa shape index (κ1) is 15.9. The van der Waals surface area contributed by atoms with Gasteiger partial charge in [0.2, 0.25) is 10.0 Å². The van der Waals surface area contributed by atoms with E-state index >= 15 is 0 Å². The van der Waals surface area contributed by atoms with Gasteiger partial charge >= 0.3 is 0 Å². The highest BCUT2D eigenvalue weighted by atomic mass is 32.2. The summed E-state index contributed by atoms with van der Waals surface area (Å²) in [5, 5.41) is 3.13. The van der Waals surface area contributed by atoms with Gasteiger partial charge in [-0.25, -0.2) is 13.1 Å². The van der Waals surface area contributed by atoms with Crippen LogP contribution in [0, 0.1) is 0 Å². The normalized spacial score (nSPS) is 17.4. The van der Waals surface area contributed by atoms with Crippen LogP contribution in [0.1, 0.15) is 32.6 Å². The van der Waals surface area contributed by atoms with Crippen LogP contribution >= 0.6 is 0 Å². The van der Waals surface area contributed by atoms with Crippen LogP contribution in [-0.4, -0.2) is 58.3 Å². The highest BCUT2D eigenvalue weighted by Crippen LogP contribution is 2.06. The molecular formula is C12H27N3O2S. The van der Waals surface area contributed by atoms with Crippen LogP contribution in [0.2, 0.25) is 0 Å². The van der Waals surface area contributed by atoms with E-state index in [1.807, 2.05) is 6.92 Å². The van der Waals surface area contributed by atoms with E-state index in [1.165, 1.54) is 25.9 Å². The summed E-state index contributed by atoms with van der Waals surface area (Å²) in [4.78, 5) is 2.40. The largest absolute Gasteiger partial charge is 0.317 e. The molecule has 6 heteroatoms. The summed E-state index contributed by atoms with van der Waals surface area (Å²) < 4.78 is 26.0. The Hall–Kier alpha value is -0.170. The minimum absolute atomic E-state index is 0.226. The topological polar surface area (TPSA) is 61.4 Å². The fourth-order valence-corrected chi connectivity index (χ4v) is 3.30. The Morgan fingerprint density at radius 2 is 1.83 bits per heavy atom. The first-order chi connectivity index (χ1) is 8.64. The molecule has 0 unspecified atom stereocenters. The van der Waals surface area contributed by atoms with Crippen molar-refractivity contribution < 1.29 is 8.42 Å². The Kier molecular flexibility index (Phi) is 7.81. The van der Waals surface area contributed by atoms with Crippen molar-refractivity contribution in [3.8, 4) is 0 Å². The van der Waals surface area contributed by atoms with E-state index in [0.29, 0.717) is 13.0 Å². The summed E-state index contributed by atoms with van der Waals surface area (Å²) in [5.41, 5.74) is 0. The van der Waals surface area contributed by atoms with Gasteiger partial charge in [0, 0.05) is 6.54 Å². The lowest BCUT2D eigenvalue weighted by Crippen LogP contribution is -2.31. The van der Waals surface area contributed by atoms with Gasteiger partial charge in [-0.05, 0) is 58.4 Å². The summed E-state index contributed by atoms with van der Waals surface area (Å²) in [6.45, 7) is 7.62. The molecule has 0 radical (unpaired) electrons. The number of sulfonamides is 1. The van der Waals surface area contributed by atoms with Gasteiger partial charge in [0.25, 0.3) is 0 Å². The SMILES string of the molecule is CCNCCCS(=O)(=O)NCCCN1CCCC1. The molecule has 0 atom stereocenters. The number of rotatable bonds is 10. The first-order valence-electron chi connectivity index (χ1n) is 7.04. The van der Waals surface area contributed by atoms with Crippen LogP contribution in [0.15, 0.2) is 0 Å². The Morgan fingerprint density at radius 3 is 2.50 bits per heavy atom. The van der Waals surface area contributed by atoms with E-state index in [2.05, 4.69) is 14.9 Å². The van der Waals surface area contributed by atoms with Crippen molar-refractivity contribution in [2.24, 2.45) is 0 Å². The minimum atomic E-state index is -3.07. The average molecular weight is 277 g/mol. The second kappa shape index (κ2) is 8.85. The third-order valence-corrected chi connectivity index (χ3v) is 4.66. The molecule has 0 aromatic carbocycles. The summed E-state index contributed by atoms with van der Waals surface area (Å²) in [6, 6.07) is 0. The molecule has 1 aliphatic heterocycles. The summed E-state index contributed by atoms with van der Waals surface area (Å²) in [5.74, 6) is 0.226. The molecule has 1 heterocycles. The van der Waals surface area contributed by atoms with Crippen molar-refractivity contribution in [1.29, 1.82) is 0 Å². The highest BCUT2D eigenvalue weighted by Gasteiger charge is 2.12. The summed E-state index contributed by atoms with van der Waals surface area (Å²) >= 11 is 0. The zero-order chi connectivity index (χ0) is 13.3. The van der Waals surface area contributed by atoms with E-state index in [9.17, 15) is 8.42 Å². The lowest BCUT2D eigenvalue weighted by molar-refractivity contribution is 0.334. The second-order valence-electron chi connectivity index (χ2n) is 4.82. The molecule has 1 fully saturated rings. The number of likely N-dealkylation sites (tertiary alicyclic amines) is 1. The molecule has 1 aliphatic rings. The van der Waals surface area contributed by atoms with Gasteiger partial charge < -0.3 is 10.2 Å². The monoisotopic (exact) mass is 277 g/mol. The number of hydrogen-bond donors (Lipinski definition) is 2. The predicted octanol–water partition coefficient (Wildman–Crippen LogP) is 0.391. The molecule has 2 N–H and O–H groups in total. The molecule has 0 spiro atoms. The van der Waals surface area contributed by atoms with Crippen LogP contribution in [0.25, 0.3) is 0 Å². The average Bonchev–Trinajstić information content (AvgIpc) is 2.83. The van der Waals surface area contributed by atoms with E-state index < -0.39 is 10.0 Å². The van der Waals surface area contributed by atoms with Crippen LogP contribution in [-0.2, 0) is 10.0 Å². The smallest absolute Gasteiger partial charge is 0.211 e. The maximum Gasteiger partial charge on any atom is 0.211 e. The molecule has 108 valence electrons. The number of nitrogens with zero attached hydrogens (tertiary/aromatic N) is 1. The van der Waals surface area contributed by atoms with Gasteiger partial charge in [0.15, 0.2) is 0 Å². The highest BCUT2D eigenvalue weighted by molar-refractivity contribution is 7.89. The van der Waals surface area contributed by atoms with E-state index in [4.69, 9.17) is 0 Å². The molecule has 0 aromatic heterocycles. The lowest BCUT2D eigenvalue weighted by atomic mass is 10.4. The minimum Gasteiger partial charge on any atom is -0.317 e. The fourth-order valence-electron chi connectivity index (χ4n) is 2.17. The van der Waals surface area contributed by atoms with Crippen molar-refractivity contribution in [2.75, 3.05) is 45.0 Å². The molecule has 0 amide bonds. The van der Waals surface area contributed by atoms with Crippen LogP contribution in [0.3, 0.4) is 0 Å². The zero-order valence-electron chi connectivity index (χ0n) is 11.5. The summed E-state index contributed by atoms with van der Waals surface area (Å²) in [6.07, 6.45) is 4.16. The van der Waals surface area contributed by atoms with Crippen molar-refractivity contribution in [2.45, 2.75) is 32.6 Å². The van der Waals surface area contributed by atoms with Gasteiger partial charge in [0.05, 0.1) is 5.75 Å². The lowest BCUT2D eigenvalue weighted by Gasteiger charge is -2.14. The molecule has 0 bridgehead atoms. The second-order valence-corrected chi connectivity index (χ2v) is 6.75. The van der Waals surface area contributed by atoms with Crippen molar-refractivity contribution in [3.05, 3.63) is 0 Å². The number of hydrogen-bond acceptors (Lipinski definition) is 4. The third kappa shape index (κ3) is 7.31. The standard InChI is InChI=1S/C12H27N3O2S/c1-2-13-7-6-12-18(16,17)14-8-5-11-15-9-3-4-10-15/h13-14H,2-12H2,1H3. The molecule has 5 nitrogen and oxygen atoms in total. The molecule has 18 heavy (non-hydrogen) atoms. The molecule has 1 rings (SSSR count). The van der Waals surface area contributed by atoms with E-state index in [1.54, 1.807) is 0 Å². The molecule has 1 saturated heterocycles. The maximum absolute atomic E-state index is 11.6. The van der Waals surface area contributed by atoms with E-state index in [-0.39, 0.29) is 5.75 Å². The Bertz CT molecular complexity index is 300. The van der Waals surface area contributed by atoms with E-state index in [0.717, 1.165) is 26.1 Å². The molecule has 0 aliphatic carbocycles. The Morgan fingerprint density at radius 1 is 1.11 bits per heavy atom. The van der Waals surface area contributed by atoms with Gasteiger partial charge in [0.1, 0.15) is 0 Å². The number of nitrogens with one attached hydrogen (secondary N) is 2. The maximum atomic E-state index is 11.6. The van der Waals surface area contributed by atoms with Gasteiger partial charge in [-0.1, -0.05) is 6.92 Å². The zero-order valence-corrected chi connectivity index (χ0v) is 12.3. The first-order valence-corrected chi connectivity index (χ1v) is 8.69. The fraction of sp³-hybridized carbons (Fsp3) is 1.00. The van der Waals surface area contributed by atoms with Crippen molar-refractivity contribution in [3.63, 3.8) is 0 Å². The molecule has 0 aromatic rings. The van der Waals surface area contributed by atoms with Crippen molar-refractivity contribution >= 4 is 10.0 Å². The van der Waals surface area contributed by atoms with Gasteiger partial charge in [-0.2, -0.15) is 0 Å². The van der Waals surface area contributed by atoms with Crippen LogP contribution < -0.4 is 10.0 Å². The summed E-state index contributed by atoms with van der Waals surface area (Å²) in [7, 11) is -3.07. The van der Waals surface area contributed by atoms with Crippen molar-refractivity contribution in [1.82, 2.24) is 14.9 Å². The Balaban J connectivity index is 2.01. The van der Waals surface area contributed by atoms with Gasteiger partial charge in [-0.15, -0.1) is 0 Å². The Labute approximate surface area is 111 Å².